The summed E-state index contributed by atoms with van der Waals surface area (Å²) >= 11 is 0. The molecule has 1 unspecified atom stereocenters. The molecule has 0 saturated heterocycles. The zero-order chi connectivity index (χ0) is 12.4. The van der Waals surface area contributed by atoms with Crippen LogP contribution in [0.4, 0.5) is 0 Å². The highest BCUT2D eigenvalue weighted by Gasteiger charge is 2.07. The molecule has 0 bridgehead atoms. The topological polar surface area (TPSA) is 46.2 Å². The van der Waals surface area contributed by atoms with E-state index in [0.717, 1.165) is 16.7 Å². The molecule has 0 heterocycles. The normalized spacial score (nSPS) is 12.4. The summed E-state index contributed by atoms with van der Waals surface area (Å²) in [5.41, 5.74) is 10.1. The van der Waals surface area contributed by atoms with Gasteiger partial charge in [-0.05, 0) is 37.1 Å². The van der Waals surface area contributed by atoms with Gasteiger partial charge in [0.05, 0.1) is 0 Å². The fourth-order valence-corrected chi connectivity index (χ4v) is 1.84. The van der Waals surface area contributed by atoms with Crippen molar-refractivity contribution in [2.45, 2.75) is 19.9 Å². The zero-order valence-electron chi connectivity index (χ0n) is 10.1. The molecule has 2 rings (SSSR count). The standard InChI is InChI=1S/C15H17NO/c1-10-3-5-12(6-4-10)13-7-8-15(17)14(9-13)11(2)16/h3-9,11,17H,16H2,1-2H3. The first kappa shape index (κ1) is 11.7. The summed E-state index contributed by atoms with van der Waals surface area (Å²) in [6, 6.07) is 13.7. The van der Waals surface area contributed by atoms with Crippen LogP contribution in [0.5, 0.6) is 5.75 Å². The lowest BCUT2D eigenvalue weighted by Gasteiger charge is -2.11. The second-order valence-corrected chi connectivity index (χ2v) is 4.43. The molecule has 0 radical (unpaired) electrons. The fourth-order valence-electron chi connectivity index (χ4n) is 1.84. The molecular weight excluding hydrogens is 210 g/mol. The molecule has 17 heavy (non-hydrogen) atoms. The molecule has 3 N–H and O–H groups in total. The number of benzene rings is 2. The zero-order valence-corrected chi connectivity index (χ0v) is 10.1. The van der Waals surface area contributed by atoms with Crippen LogP contribution in [0, 0.1) is 6.92 Å². The second-order valence-electron chi connectivity index (χ2n) is 4.43. The molecule has 2 aromatic rings. The van der Waals surface area contributed by atoms with Crippen molar-refractivity contribution in [3.05, 3.63) is 53.6 Å². The third-order valence-corrected chi connectivity index (χ3v) is 2.90. The number of nitrogens with two attached hydrogens (primary N) is 1. The molecule has 0 aliphatic carbocycles. The van der Waals surface area contributed by atoms with Gasteiger partial charge in [0.15, 0.2) is 0 Å². The minimum Gasteiger partial charge on any atom is -0.508 e. The van der Waals surface area contributed by atoms with Crippen molar-refractivity contribution in [1.82, 2.24) is 0 Å². The van der Waals surface area contributed by atoms with E-state index in [1.54, 1.807) is 6.07 Å². The van der Waals surface area contributed by atoms with E-state index in [1.807, 2.05) is 19.1 Å². The van der Waals surface area contributed by atoms with E-state index < -0.39 is 0 Å². The monoisotopic (exact) mass is 227 g/mol. The first-order chi connectivity index (χ1) is 8.08. The van der Waals surface area contributed by atoms with Crippen LogP contribution in [0.25, 0.3) is 11.1 Å². The number of phenolic OH excluding ortho intramolecular Hbond substituents is 1. The van der Waals surface area contributed by atoms with Crippen LogP contribution < -0.4 is 5.73 Å². The molecule has 0 amide bonds. The van der Waals surface area contributed by atoms with Crippen molar-refractivity contribution in [1.29, 1.82) is 0 Å². The maximum Gasteiger partial charge on any atom is 0.120 e. The van der Waals surface area contributed by atoms with Crippen molar-refractivity contribution in [3.8, 4) is 16.9 Å². The highest BCUT2D eigenvalue weighted by molar-refractivity contribution is 5.66. The van der Waals surface area contributed by atoms with E-state index in [-0.39, 0.29) is 11.8 Å². The Morgan fingerprint density at radius 1 is 1.00 bits per heavy atom. The number of phenols is 1. The van der Waals surface area contributed by atoms with Crippen LogP contribution in [0.1, 0.15) is 24.1 Å². The first-order valence-electron chi connectivity index (χ1n) is 5.73. The van der Waals surface area contributed by atoms with Gasteiger partial charge in [-0.3, -0.25) is 0 Å². The number of hydrogen-bond donors (Lipinski definition) is 2. The Morgan fingerprint density at radius 2 is 1.59 bits per heavy atom. The van der Waals surface area contributed by atoms with Gasteiger partial charge in [-0.15, -0.1) is 0 Å². The smallest absolute Gasteiger partial charge is 0.120 e. The summed E-state index contributed by atoms with van der Waals surface area (Å²) < 4.78 is 0. The quantitative estimate of drug-likeness (QED) is 0.826. The van der Waals surface area contributed by atoms with Gasteiger partial charge in [-0.25, -0.2) is 0 Å². The van der Waals surface area contributed by atoms with Crippen LogP contribution in [-0.4, -0.2) is 5.11 Å². The van der Waals surface area contributed by atoms with Crippen LogP contribution >= 0.6 is 0 Å². The highest BCUT2D eigenvalue weighted by Crippen LogP contribution is 2.29. The molecule has 88 valence electrons. The van der Waals surface area contributed by atoms with E-state index in [2.05, 4.69) is 31.2 Å². The number of hydrogen-bond acceptors (Lipinski definition) is 2. The van der Waals surface area contributed by atoms with Crippen molar-refractivity contribution in [2.75, 3.05) is 0 Å². The Kier molecular flexibility index (Phi) is 3.16. The van der Waals surface area contributed by atoms with Crippen molar-refractivity contribution >= 4 is 0 Å². The molecule has 1 atom stereocenters. The van der Waals surface area contributed by atoms with Gasteiger partial charge in [0, 0.05) is 11.6 Å². The molecule has 2 heteroatoms. The van der Waals surface area contributed by atoms with Crippen molar-refractivity contribution in [3.63, 3.8) is 0 Å². The predicted molar refractivity (Wildman–Crippen MR) is 70.9 cm³/mol. The maximum absolute atomic E-state index is 9.72. The Morgan fingerprint density at radius 3 is 2.18 bits per heavy atom. The van der Waals surface area contributed by atoms with E-state index >= 15 is 0 Å². The molecule has 0 aromatic heterocycles. The molecular formula is C15H17NO. The Labute approximate surface area is 102 Å². The Bertz CT molecular complexity index is 515. The van der Waals surface area contributed by atoms with Gasteiger partial charge < -0.3 is 10.8 Å². The molecule has 2 aromatic carbocycles. The third-order valence-electron chi connectivity index (χ3n) is 2.90. The lowest BCUT2D eigenvalue weighted by molar-refractivity contribution is 0.464. The summed E-state index contributed by atoms with van der Waals surface area (Å²) in [7, 11) is 0. The van der Waals surface area contributed by atoms with Gasteiger partial charge in [-0.2, -0.15) is 0 Å². The van der Waals surface area contributed by atoms with E-state index in [1.165, 1.54) is 5.56 Å². The molecule has 0 saturated carbocycles. The largest absolute Gasteiger partial charge is 0.508 e. The fraction of sp³-hybridized carbons (Fsp3) is 0.200. The molecule has 0 aliphatic heterocycles. The SMILES string of the molecule is Cc1ccc(-c2ccc(O)c(C(C)N)c2)cc1. The third kappa shape index (κ3) is 2.48. The average Bonchev–Trinajstić information content (AvgIpc) is 2.30. The van der Waals surface area contributed by atoms with Crippen LogP contribution in [0.15, 0.2) is 42.5 Å². The maximum atomic E-state index is 9.72. The van der Waals surface area contributed by atoms with Crippen LogP contribution in [0.3, 0.4) is 0 Å². The van der Waals surface area contributed by atoms with Gasteiger partial charge in [-0.1, -0.05) is 35.9 Å². The molecule has 2 nitrogen and oxygen atoms in total. The number of rotatable bonds is 2. The first-order valence-corrected chi connectivity index (χ1v) is 5.73. The predicted octanol–water partition coefficient (Wildman–Crippen LogP) is 3.39. The molecule has 0 aliphatic rings. The van der Waals surface area contributed by atoms with Gasteiger partial charge >= 0.3 is 0 Å². The number of aromatic hydroxyl groups is 1. The Balaban J connectivity index is 2.46. The molecule has 0 spiro atoms. The van der Waals surface area contributed by atoms with E-state index in [0.29, 0.717) is 0 Å². The highest BCUT2D eigenvalue weighted by atomic mass is 16.3. The van der Waals surface area contributed by atoms with Gasteiger partial charge in [0.2, 0.25) is 0 Å². The van der Waals surface area contributed by atoms with Gasteiger partial charge in [0.25, 0.3) is 0 Å². The van der Waals surface area contributed by atoms with Crippen molar-refractivity contribution in [2.24, 2.45) is 5.73 Å². The summed E-state index contributed by atoms with van der Waals surface area (Å²) in [4.78, 5) is 0. The minimum absolute atomic E-state index is 0.166. The van der Waals surface area contributed by atoms with E-state index in [9.17, 15) is 5.11 Å². The lowest BCUT2D eigenvalue weighted by Crippen LogP contribution is -2.05. The molecule has 0 fully saturated rings. The summed E-state index contributed by atoms with van der Waals surface area (Å²) in [5.74, 6) is 0.260. The second kappa shape index (κ2) is 4.60. The minimum atomic E-state index is -0.166. The summed E-state index contributed by atoms with van der Waals surface area (Å²) in [6.45, 7) is 3.93. The van der Waals surface area contributed by atoms with Crippen LogP contribution in [-0.2, 0) is 0 Å². The number of aryl methyl sites for hydroxylation is 1. The lowest BCUT2D eigenvalue weighted by atomic mass is 9.99. The summed E-state index contributed by atoms with van der Waals surface area (Å²) in [5, 5.41) is 9.72. The average molecular weight is 227 g/mol. The van der Waals surface area contributed by atoms with Crippen molar-refractivity contribution < 1.29 is 5.11 Å². The summed E-state index contributed by atoms with van der Waals surface area (Å²) in [6.07, 6.45) is 0. The van der Waals surface area contributed by atoms with Gasteiger partial charge in [0.1, 0.15) is 5.75 Å². The van der Waals surface area contributed by atoms with E-state index in [4.69, 9.17) is 5.73 Å². The van der Waals surface area contributed by atoms with Crippen LogP contribution in [0.2, 0.25) is 0 Å². The Hall–Kier alpha value is -1.80.